The zero-order chi connectivity index (χ0) is 16.7. The molecule has 0 aromatic carbocycles. The monoisotopic (exact) mass is 316 g/mol. The van der Waals surface area contributed by atoms with Crippen LogP contribution in [0.4, 0.5) is 0 Å². The van der Waals surface area contributed by atoms with Crippen molar-refractivity contribution in [2.45, 2.75) is 84.1 Å². The molecule has 4 nitrogen and oxygen atoms in total. The molecule has 0 spiro atoms. The second kappa shape index (κ2) is 5.76. The van der Waals surface area contributed by atoms with Gasteiger partial charge in [-0.1, -0.05) is 27.7 Å². The Morgan fingerprint density at radius 3 is 2.24 bits per heavy atom. The van der Waals surface area contributed by atoms with Crippen LogP contribution in [0.15, 0.2) is 0 Å². The molecule has 1 fully saturated rings. The molecule has 0 unspecified atom stereocenters. The number of hydrogen-bond donors (Lipinski definition) is 0. The van der Waals surface area contributed by atoms with Crippen LogP contribution < -0.4 is 0 Å². The van der Waals surface area contributed by atoms with E-state index in [0.29, 0.717) is 6.61 Å². The lowest BCUT2D eigenvalue weighted by Gasteiger charge is -2.38. The van der Waals surface area contributed by atoms with Crippen LogP contribution in [0.25, 0.3) is 0 Å². The molecule has 1 aliphatic heterocycles. The maximum absolute atomic E-state index is 11.5. The minimum Gasteiger partial charge on any atom is -0.416 e. The van der Waals surface area contributed by atoms with E-state index in [1.807, 2.05) is 13.8 Å². The predicted octanol–water partition coefficient (Wildman–Crippen LogP) is 3.75. The van der Waals surface area contributed by atoms with Crippen molar-refractivity contribution in [1.29, 1.82) is 0 Å². The van der Waals surface area contributed by atoms with Crippen LogP contribution in [0.2, 0.25) is 18.1 Å². The maximum Gasteiger partial charge on any atom is 0.191 e. The molecule has 124 valence electrons. The first-order valence-corrected chi connectivity index (χ1v) is 10.6. The molecule has 1 aliphatic rings. The topological polar surface area (TPSA) is 44.8 Å². The largest absolute Gasteiger partial charge is 0.416 e. The normalized spacial score (nSPS) is 31.2. The molecule has 0 bridgehead atoms. The summed E-state index contributed by atoms with van der Waals surface area (Å²) in [6, 6.07) is 0. The SMILES string of the molecule is C[C@@H](CO[Si](C)(C)C(C)(C)C)[C@H]1OC(C)(C)O[C@]1(C)C=O. The summed E-state index contributed by atoms with van der Waals surface area (Å²) in [4.78, 5) is 11.5. The molecule has 1 rings (SSSR count). The van der Waals surface area contributed by atoms with Crippen molar-refractivity contribution in [3.63, 3.8) is 0 Å². The van der Waals surface area contributed by atoms with Gasteiger partial charge < -0.3 is 18.7 Å². The number of carbonyl (C=O) groups excluding carboxylic acids is 1. The van der Waals surface area contributed by atoms with Crippen LogP contribution in [0.5, 0.6) is 0 Å². The van der Waals surface area contributed by atoms with Crippen molar-refractivity contribution >= 4 is 14.6 Å². The molecule has 0 radical (unpaired) electrons. The van der Waals surface area contributed by atoms with Gasteiger partial charge in [-0.25, -0.2) is 0 Å². The second-order valence-electron chi connectivity index (χ2n) is 8.39. The molecule has 0 aromatic heterocycles. The molecule has 0 amide bonds. The number of ether oxygens (including phenoxy) is 2. The molecule has 0 aromatic rings. The Morgan fingerprint density at radius 2 is 1.81 bits per heavy atom. The summed E-state index contributed by atoms with van der Waals surface area (Å²) in [5, 5.41) is 0.174. The minimum atomic E-state index is -1.80. The number of carbonyl (C=O) groups is 1. The van der Waals surface area contributed by atoms with Crippen molar-refractivity contribution in [2.24, 2.45) is 5.92 Å². The minimum absolute atomic E-state index is 0.0936. The van der Waals surface area contributed by atoms with Crippen LogP contribution in [-0.4, -0.2) is 38.7 Å². The van der Waals surface area contributed by atoms with Gasteiger partial charge in [-0.2, -0.15) is 0 Å². The lowest BCUT2D eigenvalue weighted by atomic mass is 9.91. The quantitative estimate of drug-likeness (QED) is 0.572. The molecule has 0 saturated carbocycles. The van der Waals surface area contributed by atoms with E-state index in [2.05, 4.69) is 40.8 Å². The zero-order valence-electron chi connectivity index (χ0n) is 15.1. The fourth-order valence-electron chi connectivity index (χ4n) is 2.45. The molecule has 3 atom stereocenters. The van der Waals surface area contributed by atoms with Crippen LogP contribution >= 0.6 is 0 Å². The molecule has 0 N–H and O–H groups in total. The summed E-state index contributed by atoms with van der Waals surface area (Å²) >= 11 is 0. The first-order chi connectivity index (χ1) is 9.24. The highest BCUT2D eigenvalue weighted by molar-refractivity contribution is 6.74. The van der Waals surface area contributed by atoms with Crippen LogP contribution in [0.3, 0.4) is 0 Å². The summed E-state index contributed by atoms with van der Waals surface area (Å²) in [6.07, 6.45) is 0.574. The third-order valence-corrected chi connectivity index (χ3v) is 9.21. The van der Waals surface area contributed by atoms with Gasteiger partial charge in [0.2, 0.25) is 0 Å². The van der Waals surface area contributed by atoms with Crippen LogP contribution in [0.1, 0.15) is 48.5 Å². The van der Waals surface area contributed by atoms with Crippen LogP contribution in [-0.2, 0) is 18.7 Å². The Morgan fingerprint density at radius 1 is 1.29 bits per heavy atom. The number of aldehydes is 1. The van der Waals surface area contributed by atoms with Crippen molar-refractivity contribution < 1.29 is 18.7 Å². The fraction of sp³-hybridized carbons (Fsp3) is 0.938. The van der Waals surface area contributed by atoms with E-state index in [4.69, 9.17) is 13.9 Å². The van der Waals surface area contributed by atoms with E-state index >= 15 is 0 Å². The van der Waals surface area contributed by atoms with E-state index in [1.54, 1.807) is 6.92 Å². The van der Waals surface area contributed by atoms with E-state index in [9.17, 15) is 4.79 Å². The average molecular weight is 317 g/mol. The van der Waals surface area contributed by atoms with Crippen molar-refractivity contribution in [2.75, 3.05) is 6.61 Å². The highest BCUT2D eigenvalue weighted by Gasteiger charge is 2.52. The number of hydrogen-bond acceptors (Lipinski definition) is 4. The Bertz CT molecular complexity index is 386. The van der Waals surface area contributed by atoms with Gasteiger partial charge in [0.25, 0.3) is 0 Å². The summed E-state index contributed by atoms with van der Waals surface area (Å²) in [5.74, 6) is -0.637. The first kappa shape index (κ1) is 18.8. The molecule has 21 heavy (non-hydrogen) atoms. The Balaban J connectivity index is 2.76. The van der Waals surface area contributed by atoms with Gasteiger partial charge in [0.15, 0.2) is 26.0 Å². The Hall–Kier alpha value is -0.233. The molecular weight excluding hydrogens is 284 g/mol. The van der Waals surface area contributed by atoms with Crippen molar-refractivity contribution in [3.05, 3.63) is 0 Å². The maximum atomic E-state index is 11.5. The van der Waals surface area contributed by atoms with Gasteiger partial charge in [-0.05, 0) is 38.9 Å². The standard InChI is InChI=1S/C16H32O4Si/c1-12(10-18-21(8,9)14(2,3)4)13-16(7,11-17)20-15(5,6)19-13/h11-13H,10H2,1-9H3/t12-,13+,16+/m0/s1. The summed E-state index contributed by atoms with van der Waals surface area (Å²) in [5.41, 5.74) is -0.903. The highest BCUT2D eigenvalue weighted by atomic mass is 28.4. The van der Waals surface area contributed by atoms with Gasteiger partial charge in [0, 0.05) is 12.5 Å². The van der Waals surface area contributed by atoms with Crippen LogP contribution in [0, 0.1) is 5.92 Å². The second-order valence-corrected chi connectivity index (χ2v) is 13.2. The van der Waals surface area contributed by atoms with Gasteiger partial charge in [0.05, 0.1) is 0 Å². The lowest BCUT2D eigenvalue weighted by molar-refractivity contribution is -0.164. The summed E-state index contributed by atoms with van der Waals surface area (Å²) in [7, 11) is -1.80. The molecule has 1 saturated heterocycles. The Kier molecular flexibility index (Phi) is 5.16. The van der Waals surface area contributed by atoms with Gasteiger partial charge >= 0.3 is 0 Å². The molecular formula is C16H32O4Si. The summed E-state index contributed by atoms with van der Waals surface area (Å²) < 4.78 is 18.0. The van der Waals surface area contributed by atoms with Gasteiger partial charge in [-0.15, -0.1) is 0 Å². The third-order valence-electron chi connectivity index (χ3n) is 4.71. The molecule has 1 heterocycles. The molecule has 5 heteroatoms. The van der Waals surface area contributed by atoms with E-state index < -0.39 is 19.7 Å². The predicted molar refractivity (Wildman–Crippen MR) is 86.8 cm³/mol. The number of rotatable bonds is 5. The smallest absolute Gasteiger partial charge is 0.191 e. The Labute approximate surface area is 130 Å². The van der Waals surface area contributed by atoms with E-state index in [1.165, 1.54) is 0 Å². The molecule has 0 aliphatic carbocycles. The van der Waals surface area contributed by atoms with E-state index in [0.717, 1.165) is 6.29 Å². The first-order valence-electron chi connectivity index (χ1n) is 7.72. The third kappa shape index (κ3) is 4.15. The fourth-order valence-corrected chi connectivity index (χ4v) is 3.56. The van der Waals surface area contributed by atoms with Gasteiger partial charge in [-0.3, -0.25) is 0 Å². The van der Waals surface area contributed by atoms with Crippen molar-refractivity contribution in [3.8, 4) is 0 Å². The average Bonchev–Trinajstić information content (AvgIpc) is 2.56. The summed E-state index contributed by atoms with van der Waals surface area (Å²) in [6.45, 7) is 19.2. The van der Waals surface area contributed by atoms with E-state index in [-0.39, 0.29) is 17.1 Å². The lowest BCUT2D eigenvalue weighted by Crippen LogP contribution is -2.47. The zero-order valence-corrected chi connectivity index (χ0v) is 16.1. The highest BCUT2D eigenvalue weighted by Crippen LogP contribution is 2.40. The van der Waals surface area contributed by atoms with Crippen molar-refractivity contribution in [1.82, 2.24) is 0 Å². The van der Waals surface area contributed by atoms with Gasteiger partial charge in [0.1, 0.15) is 6.10 Å².